The molecule has 1 aliphatic heterocycles. The fourth-order valence-corrected chi connectivity index (χ4v) is 2.45. The van der Waals surface area contributed by atoms with Crippen LogP contribution in [0, 0.1) is 0 Å². The first kappa shape index (κ1) is 11.6. The normalized spacial score (nSPS) is 20.6. The van der Waals surface area contributed by atoms with E-state index in [0.717, 1.165) is 29.5 Å². The number of aryl methyl sites for hydroxylation is 1. The van der Waals surface area contributed by atoms with E-state index >= 15 is 0 Å². The van der Waals surface area contributed by atoms with E-state index in [1.54, 1.807) is 4.90 Å². The number of rotatable bonds is 2. The predicted molar refractivity (Wildman–Crippen MR) is 68.5 cm³/mol. The van der Waals surface area contributed by atoms with Gasteiger partial charge in [-0.3, -0.25) is 4.79 Å². The highest BCUT2D eigenvalue weighted by Crippen LogP contribution is 2.28. The maximum atomic E-state index is 11.8. The minimum absolute atomic E-state index is 0.0389. The molecule has 1 unspecified atom stereocenters. The highest BCUT2D eigenvalue weighted by Gasteiger charge is 2.30. The Morgan fingerprint density at radius 3 is 2.88 bits per heavy atom. The Morgan fingerprint density at radius 2 is 2.31 bits per heavy atom. The summed E-state index contributed by atoms with van der Waals surface area (Å²) in [6, 6.07) is 5.69. The first-order valence-electron chi connectivity index (χ1n) is 5.49. The van der Waals surface area contributed by atoms with Crippen LogP contribution >= 0.6 is 15.9 Å². The summed E-state index contributed by atoms with van der Waals surface area (Å²) in [4.78, 5) is 13.6. The highest BCUT2D eigenvalue weighted by atomic mass is 79.9. The molecule has 3 nitrogen and oxygen atoms in total. The second-order valence-electron chi connectivity index (χ2n) is 4.01. The molecule has 0 saturated carbocycles. The van der Waals surface area contributed by atoms with Crippen molar-refractivity contribution in [1.29, 1.82) is 0 Å². The summed E-state index contributed by atoms with van der Waals surface area (Å²) < 4.78 is 1.05. The number of carbonyl (C=O) groups is 1. The lowest BCUT2D eigenvalue weighted by molar-refractivity contribution is -0.118. The Labute approximate surface area is 104 Å². The summed E-state index contributed by atoms with van der Waals surface area (Å²) >= 11 is 3.44. The van der Waals surface area contributed by atoms with Gasteiger partial charge in [-0.15, -0.1) is 0 Å². The summed E-state index contributed by atoms with van der Waals surface area (Å²) in [5, 5.41) is 0. The number of amides is 1. The topological polar surface area (TPSA) is 46.3 Å². The van der Waals surface area contributed by atoms with E-state index in [9.17, 15) is 4.79 Å². The van der Waals surface area contributed by atoms with Crippen molar-refractivity contribution in [2.75, 3.05) is 11.4 Å². The molecule has 0 spiro atoms. The second-order valence-corrected chi connectivity index (χ2v) is 4.93. The average molecular weight is 283 g/mol. The summed E-state index contributed by atoms with van der Waals surface area (Å²) in [7, 11) is 0. The monoisotopic (exact) mass is 282 g/mol. The van der Waals surface area contributed by atoms with E-state index < -0.39 is 0 Å². The van der Waals surface area contributed by atoms with Crippen LogP contribution in [0.5, 0.6) is 0 Å². The molecule has 2 N–H and O–H groups in total. The van der Waals surface area contributed by atoms with E-state index in [2.05, 4.69) is 28.9 Å². The van der Waals surface area contributed by atoms with Crippen molar-refractivity contribution in [2.45, 2.75) is 25.8 Å². The van der Waals surface area contributed by atoms with Crippen LogP contribution in [-0.2, 0) is 11.2 Å². The summed E-state index contributed by atoms with van der Waals surface area (Å²) in [6.45, 7) is 2.82. The maximum absolute atomic E-state index is 11.8. The molecule has 0 aromatic heterocycles. The van der Waals surface area contributed by atoms with Gasteiger partial charge in [-0.2, -0.15) is 0 Å². The molecule has 1 aromatic carbocycles. The Balaban J connectivity index is 2.37. The first-order chi connectivity index (χ1) is 7.63. The fourth-order valence-electron chi connectivity index (χ4n) is 2.04. The Kier molecular flexibility index (Phi) is 3.30. The van der Waals surface area contributed by atoms with Gasteiger partial charge in [0.2, 0.25) is 5.91 Å². The van der Waals surface area contributed by atoms with Gasteiger partial charge in [0.1, 0.15) is 0 Å². The average Bonchev–Trinajstić information content (AvgIpc) is 2.60. The molecule has 1 amide bonds. The molecular weight excluding hydrogens is 268 g/mol. The number of nitrogens with two attached hydrogens (primary N) is 1. The molecule has 0 aliphatic carbocycles. The van der Waals surface area contributed by atoms with Gasteiger partial charge in [-0.25, -0.2) is 0 Å². The van der Waals surface area contributed by atoms with Crippen LogP contribution in [0.25, 0.3) is 0 Å². The Hall–Kier alpha value is -0.870. The molecule has 2 rings (SSSR count). The van der Waals surface area contributed by atoms with E-state index in [0.29, 0.717) is 0 Å². The van der Waals surface area contributed by atoms with Crippen LogP contribution in [0.1, 0.15) is 18.9 Å². The quantitative estimate of drug-likeness (QED) is 0.903. The maximum Gasteiger partial charge on any atom is 0.243 e. The number of hydrogen-bond acceptors (Lipinski definition) is 2. The number of anilines is 1. The molecular formula is C12H15BrN2O. The van der Waals surface area contributed by atoms with Crippen molar-refractivity contribution in [3.63, 3.8) is 0 Å². The third-order valence-electron chi connectivity index (χ3n) is 2.96. The van der Waals surface area contributed by atoms with E-state index in [1.807, 2.05) is 12.1 Å². The van der Waals surface area contributed by atoms with Gasteiger partial charge in [-0.1, -0.05) is 22.9 Å². The van der Waals surface area contributed by atoms with Gasteiger partial charge < -0.3 is 10.6 Å². The Bertz CT molecular complexity index is 419. The van der Waals surface area contributed by atoms with Crippen molar-refractivity contribution >= 4 is 27.5 Å². The minimum Gasteiger partial charge on any atom is -0.320 e. The van der Waals surface area contributed by atoms with Gasteiger partial charge in [-0.05, 0) is 36.6 Å². The second kappa shape index (κ2) is 4.55. The molecule has 1 fully saturated rings. The highest BCUT2D eigenvalue weighted by molar-refractivity contribution is 9.10. The molecule has 0 radical (unpaired) electrons. The molecule has 1 saturated heterocycles. The molecule has 1 atom stereocenters. The third-order valence-corrected chi connectivity index (χ3v) is 3.45. The first-order valence-corrected chi connectivity index (χ1v) is 6.28. The number of halogens is 1. The summed E-state index contributed by atoms with van der Waals surface area (Å²) in [5.41, 5.74) is 7.91. The standard InChI is InChI=1S/C12H15BrN2O/c1-2-8-7-9(13)3-4-11(8)15-6-5-10(14)12(15)16/h3-4,7,10H,2,5-6,14H2,1H3. The van der Waals surface area contributed by atoms with Gasteiger partial charge in [0.05, 0.1) is 6.04 Å². The molecule has 1 heterocycles. The van der Waals surface area contributed by atoms with Gasteiger partial charge >= 0.3 is 0 Å². The smallest absolute Gasteiger partial charge is 0.243 e. The zero-order valence-corrected chi connectivity index (χ0v) is 10.8. The van der Waals surface area contributed by atoms with Crippen LogP contribution in [0.3, 0.4) is 0 Å². The van der Waals surface area contributed by atoms with Gasteiger partial charge in [0.15, 0.2) is 0 Å². The van der Waals surface area contributed by atoms with E-state index in [1.165, 1.54) is 5.56 Å². The molecule has 86 valence electrons. The molecule has 16 heavy (non-hydrogen) atoms. The number of benzene rings is 1. The zero-order valence-electron chi connectivity index (χ0n) is 9.24. The lowest BCUT2D eigenvalue weighted by Gasteiger charge is -2.19. The number of carbonyl (C=O) groups excluding carboxylic acids is 1. The third kappa shape index (κ3) is 1.99. The number of nitrogens with zero attached hydrogens (tertiary/aromatic N) is 1. The lowest BCUT2D eigenvalue weighted by Crippen LogP contribution is -2.34. The lowest BCUT2D eigenvalue weighted by atomic mass is 10.1. The Morgan fingerprint density at radius 1 is 1.56 bits per heavy atom. The van der Waals surface area contributed by atoms with Crippen LogP contribution in [-0.4, -0.2) is 18.5 Å². The van der Waals surface area contributed by atoms with Crippen molar-refractivity contribution in [1.82, 2.24) is 0 Å². The zero-order chi connectivity index (χ0) is 11.7. The van der Waals surface area contributed by atoms with Crippen LogP contribution < -0.4 is 10.6 Å². The van der Waals surface area contributed by atoms with Gasteiger partial charge in [0, 0.05) is 16.7 Å². The number of hydrogen-bond donors (Lipinski definition) is 1. The van der Waals surface area contributed by atoms with Crippen molar-refractivity contribution in [2.24, 2.45) is 5.73 Å². The van der Waals surface area contributed by atoms with E-state index in [4.69, 9.17) is 5.73 Å². The predicted octanol–water partition coefficient (Wildman–Crippen LogP) is 2.08. The van der Waals surface area contributed by atoms with Crippen LogP contribution in [0.4, 0.5) is 5.69 Å². The summed E-state index contributed by atoms with van der Waals surface area (Å²) in [5.74, 6) is 0.0389. The van der Waals surface area contributed by atoms with E-state index in [-0.39, 0.29) is 11.9 Å². The minimum atomic E-state index is -0.326. The summed E-state index contributed by atoms with van der Waals surface area (Å²) in [6.07, 6.45) is 1.66. The molecule has 1 aromatic rings. The van der Waals surface area contributed by atoms with Crippen LogP contribution in [0.15, 0.2) is 22.7 Å². The van der Waals surface area contributed by atoms with Crippen LogP contribution in [0.2, 0.25) is 0 Å². The van der Waals surface area contributed by atoms with Crippen molar-refractivity contribution < 1.29 is 4.79 Å². The fraction of sp³-hybridized carbons (Fsp3) is 0.417. The SMILES string of the molecule is CCc1cc(Br)ccc1N1CCC(N)C1=O. The molecule has 4 heteroatoms. The van der Waals surface area contributed by atoms with Crippen molar-refractivity contribution in [3.8, 4) is 0 Å². The molecule has 1 aliphatic rings. The van der Waals surface area contributed by atoms with Gasteiger partial charge in [0.25, 0.3) is 0 Å². The van der Waals surface area contributed by atoms with Crippen molar-refractivity contribution in [3.05, 3.63) is 28.2 Å². The largest absolute Gasteiger partial charge is 0.320 e. The molecule has 0 bridgehead atoms.